The van der Waals surface area contributed by atoms with Crippen LogP contribution in [0.2, 0.25) is 0 Å². The van der Waals surface area contributed by atoms with E-state index in [0.29, 0.717) is 18.7 Å². The largest absolute Gasteiger partial charge is 0.478 e. The van der Waals surface area contributed by atoms with Gasteiger partial charge in [0.15, 0.2) is 0 Å². The molecular weight excluding hydrogens is 321 g/mol. The minimum absolute atomic E-state index is 0.231. The van der Waals surface area contributed by atoms with Gasteiger partial charge in [0.05, 0.1) is 5.56 Å². The molecule has 25 heavy (non-hydrogen) atoms. The molecule has 5 heteroatoms. The third kappa shape index (κ3) is 6.29. The minimum Gasteiger partial charge on any atom is -0.478 e. The van der Waals surface area contributed by atoms with Crippen LogP contribution in [0.4, 0.5) is 4.39 Å². The zero-order chi connectivity index (χ0) is 18.1. The molecule has 2 aromatic rings. The Bertz CT molecular complexity index is 646. The number of benzene rings is 2. The summed E-state index contributed by atoms with van der Waals surface area (Å²) in [5.41, 5.74) is 1.58. The maximum Gasteiger partial charge on any atom is 0.335 e. The van der Waals surface area contributed by atoms with Crippen molar-refractivity contribution in [1.29, 1.82) is 0 Å². The lowest BCUT2D eigenvalue weighted by Gasteiger charge is -2.24. The fraction of sp³-hybridized carbons (Fsp3) is 0.350. The van der Waals surface area contributed by atoms with Crippen molar-refractivity contribution in [3.8, 4) is 0 Å². The van der Waals surface area contributed by atoms with Gasteiger partial charge in [-0.05, 0) is 24.1 Å². The summed E-state index contributed by atoms with van der Waals surface area (Å²) in [5, 5.41) is 10.6. The van der Waals surface area contributed by atoms with Crippen LogP contribution < -0.4 is 0 Å². The average molecular weight is 345 g/mol. The van der Waals surface area contributed by atoms with Crippen LogP contribution in [0.5, 0.6) is 0 Å². The van der Waals surface area contributed by atoms with Crippen LogP contribution >= 0.6 is 0 Å². The van der Waals surface area contributed by atoms with E-state index in [4.69, 9.17) is 9.94 Å². The standard InChI is InChI=1S/C20H24FNO3/c1-2-3-7-14-22(25-19(21)17-8-5-4-6-9-17)15-16-10-12-18(13-11-16)20(23)24/h4-6,8-13,19H,2-3,7,14-15H2,1H3,(H,23,24). The number of carbonyl (C=O) groups is 1. The van der Waals surface area contributed by atoms with E-state index in [-0.39, 0.29) is 5.56 Å². The van der Waals surface area contributed by atoms with Gasteiger partial charge in [0.25, 0.3) is 0 Å². The van der Waals surface area contributed by atoms with Crippen molar-refractivity contribution in [1.82, 2.24) is 5.06 Å². The highest BCUT2D eigenvalue weighted by Gasteiger charge is 2.16. The van der Waals surface area contributed by atoms with Crippen molar-refractivity contribution in [2.75, 3.05) is 6.54 Å². The summed E-state index contributed by atoms with van der Waals surface area (Å²) < 4.78 is 14.4. The van der Waals surface area contributed by atoms with E-state index in [1.807, 2.05) is 6.07 Å². The number of hydroxylamine groups is 2. The molecule has 0 aliphatic carbocycles. The van der Waals surface area contributed by atoms with Gasteiger partial charge in [0.1, 0.15) is 0 Å². The van der Waals surface area contributed by atoms with Crippen molar-refractivity contribution in [3.05, 3.63) is 71.3 Å². The van der Waals surface area contributed by atoms with Gasteiger partial charge in [-0.3, -0.25) is 4.84 Å². The van der Waals surface area contributed by atoms with Crippen molar-refractivity contribution in [3.63, 3.8) is 0 Å². The van der Waals surface area contributed by atoms with Crippen LogP contribution in [0.15, 0.2) is 54.6 Å². The van der Waals surface area contributed by atoms with Crippen LogP contribution in [0, 0.1) is 0 Å². The van der Waals surface area contributed by atoms with E-state index in [1.54, 1.807) is 53.6 Å². The normalized spacial score (nSPS) is 12.3. The molecule has 134 valence electrons. The van der Waals surface area contributed by atoms with Gasteiger partial charge in [-0.1, -0.05) is 62.2 Å². The molecule has 0 aromatic heterocycles. The van der Waals surface area contributed by atoms with E-state index >= 15 is 0 Å². The minimum atomic E-state index is -1.53. The Morgan fingerprint density at radius 3 is 2.40 bits per heavy atom. The third-order valence-electron chi connectivity index (χ3n) is 3.87. The van der Waals surface area contributed by atoms with Crippen LogP contribution in [0.25, 0.3) is 0 Å². The van der Waals surface area contributed by atoms with Gasteiger partial charge in [-0.2, -0.15) is 5.06 Å². The van der Waals surface area contributed by atoms with Crippen LogP contribution in [0.1, 0.15) is 54.0 Å². The van der Waals surface area contributed by atoms with Gasteiger partial charge in [0, 0.05) is 18.7 Å². The molecule has 2 rings (SSSR count). The molecular formula is C20H24FNO3. The number of rotatable bonds is 10. The number of carboxylic acid groups (broad SMARTS) is 1. The topological polar surface area (TPSA) is 49.8 Å². The molecule has 0 saturated carbocycles. The van der Waals surface area contributed by atoms with Crippen LogP contribution in [-0.2, 0) is 11.4 Å². The Hall–Kier alpha value is -2.24. The Morgan fingerprint density at radius 1 is 1.12 bits per heavy atom. The molecule has 0 spiro atoms. The van der Waals surface area contributed by atoms with Crippen molar-refractivity contribution in [2.24, 2.45) is 0 Å². The first-order chi connectivity index (χ1) is 12.1. The van der Waals surface area contributed by atoms with E-state index < -0.39 is 12.3 Å². The monoisotopic (exact) mass is 345 g/mol. The van der Waals surface area contributed by atoms with Crippen molar-refractivity contribution < 1.29 is 19.1 Å². The number of alkyl halides is 1. The number of nitrogens with zero attached hydrogens (tertiary/aromatic N) is 1. The number of unbranched alkanes of at least 4 members (excludes halogenated alkanes) is 2. The smallest absolute Gasteiger partial charge is 0.335 e. The predicted molar refractivity (Wildman–Crippen MR) is 94.7 cm³/mol. The SMILES string of the molecule is CCCCCN(Cc1ccc(C(=O)O)cc1)OC(F)c1ccccc1. The predicted octanol–water partition coefficient (Wildman–Crippen LogP) is 4.98. The number of carboxylic acids is 1. The molecule has 1 unspecified atom stereocenters. The van der Waals surface area contributed by atoms with Crippen LogP contribution in [0.3, 0.4) is 0 Å². The molecule has 0 amide bonds. The molecule has 1 atom stereocenters. The van der Waals surface area contributed by atoms with Gasteiger partial charge in [-0.15, -0.1) is 0 Å². The second kappa shape index (κ2) is 9.91. The Balaban J connectivity index is 2.02. The Labute approximate surface area is 147 Å². The molecule has 0 aliphatic heterocycles. The molecule has 2 aromatic carbocycles. The zero-order valence-electron chi connectivity index (χ0n) is 14.4. The number of hydrogen-bond donors (Lipinski definition) is 1. The van der Waals surface area contributed by atoms with Gasteiger partial charge < -0.3 is 5.11 Å². The summed E-state index contributed by atoms with van der Waals surface area (Å²) >= 11 is 0. The molecule has 1 N–H and O–H groups in total. The van der Waals surface area contributed by atoms with Crippen LogP contribution in [-0.4, -0.2) is 22.7 Å². The van der Waals surface area contributed by atoms with Gasteiger partial charge in [0.2, 0.25) is 6.36 Å². The lowest BCUT2D eigenvalue weighted by molar-refractivity contribution is -0.247. The molecule has 0 fully saturated rings. The molecule has 0 radical (unpaired) electrons. The fourth-order valence-corrected chi connectivity index (χ4v) is 2.46. The van der Waals surface area contributed by atoms with E-state index in [1.165, 1.54) is 0 Å². The molecule has 4 nitrogen and oxygen atoms in total. The third-order valence-corrected chi connectivity index (χ3v) is 3.87. The summed E-state index contributed by atoms with van der Waals surface area (Å²) in [6.45, 7) is 3.12. The van der Waals surface area contributed by atoms with Gasteiger partial charge >= 0.3 is 5.97 Å². The first-order valence-electron chi connectivity index (χ1n) is 8.53. The summed E-state index contributed by atoms with van der Waals surface area (Å²) in [6, 6.07) is 15.3. The number of aromatic carboxylic acids is 1. The fourth-order valence-electron chi connectivity index (χ4n) is 2.46. The summed E-state index contributed by atoms with van der Waals surface area (Å²) in [5.74, 6) is -0.962. The van der Waals surface area contributed by atoms with E-state index in [9.17, 15) is 9.18 Å². The maximum atomic E-state index is 14.4. The lowest BCUT2D eigenvalue weighted by atomic mass is 10.1. The summed E-state index contributed by atoms with van der Waals surface area (Å²) in [6.07, 6.45) is 1.49. The number of halogens is 1. The molecule has 0 aliphatic rings. The Kier molecular flexibility index (Phi) is 7.57. The second-order valence-corrected chi connectivity index (χ2v) is 5.90. The highest BCUT2D eigenvalue weighted by atomic mass is 19.1. The second-order valence-electron chi connectivity index (χ2n) is 5.90. The van der Waals surface area contributed by atoms with Gasteiger partial charge in [-0.25, -0.2) is 9.18 Å². The van der Waals surface area contributed by atoms with E-state index in [2.05, 4.69) is 6.92 Å². The Morgan fingerprint density at radius 2 is 1.80 bits per heavy atom. The molecule has 0 heterocycles. The summed E-state index contributed by atoms with van der Waals surface area (Å²) in [4.78, 5) is 16.4. The first-order valence-corrected chi connectivity index (χ1v) is 8.53. The summed E-state index contributed by atoms with van der Waals surface area (Å²) in [7, 11) is 0. The highest BCUT2D eigenvalue weighted by molar-refractivity contribution is 5.87. The van der Waals surface area contributed by atoms with Crippen molar-refractivity contribution >= 4 is 5.97 Å². The van der Waals surface area contributed by atoms with E-state index in [0.717, 1.165) is 24.8 Å². The number of hydrogen-bond acceptors (Lipinski definition) is 3. The van der Waals surface area contributed by atoms with Crippen molar-refractivity contribution in [2.45, 2.75) is 39.1 Å². The molecule has 0 saturated heterocycles. The average Bonchev–Trinajstić information content (AvgIpc) is 2.63. The lowest BCUT2D eigenvalue weighted by Crippen LogP contribution is -2.26. The maximum absolute atomic E-state index is 14.4. The molecule has 0 bridgehead atoms. The quantitative estimate of drug-likeness (QED) is 0.487. The first kappa shape index (κ1) is 19.1. The zero-order valence-corrected chi connectivity index (χ0v) is 14.4. The highest BCUT2D eigenvalue weighted by Crippen LogP contribution is 2.21.